The van der Waals surface area contributed by atoms with Crippen molar-refractivity contribution >= 4 is 17.7 Å². The number of hydrogen-bond acceptors (Lipinski definition) is 6. The number of aryl methyl sites for hydroxylation is 1. The van der Waals surface area contributed by atoms with E-state index >= 15 is 0 Å². The number of amides is 1. The van der Waals surface area contributed by atoms with E-state index in [2.05, 4.69) is 27.3 Å². The van der Waals surface area contributed by atoms with Crippen molar-refractivity contribution in [3.63, 3.8) is 0 Å². The first-order valence-corrected chi connectivity index (χ1v) is 10.6. The highest BCUT2D eigenvalue weighted by Gasteiger charge is 2.53. The van der Waals surface area contributed by atoms with Gasteiger partial charge in [0.05, 0.1) is 0 Å². The van der Waals surface area contributed by atoms with Crippen LogP contribution < -0.4 is 5.32 Å². The van der Waals surface area contributed by atoms with E-state index in [0.29, 0.717) is 5.78 Å². The van der Waals surface area contributed by atoms with Crippen LogP contribution >= 0.6 is 0 Å². The fourth-order valence-electron chi connectivity index (χ4n) is 6.33. The highest BCUT2D eigenvalue weighted by molar-refractivity contribution is 5.88. The summed E-state index contributed by atoms with van der Waals surface area (Å²) in [5.74, 6) is 1.75. The Kier molecular flexibility index (Phi) is 4.33. The zero-order valence-corrected chi connectivity index (χ0v) is 16.9. The number of ether oxygens (including phenoxy) is 1. The van der Waals surface area contributed by atoms with Gasteiger partial charge in [0.2, 0.25) is 0 Å². The molecule has 2 heterocycles. The Labute approximate surface area is 169 Å². The summed E-state index contributed by atoms with van der Waals surface area (Å²) in [4.78, 5) is 32.9. The van der Waals surface area contributed by atoms with Crippen LogP contribution in [0, 0.1) is 30.1 Å². The summed E-state index contributed by atoms with van der Waals surface area (Å²) < 4.78 is 6.64. The van der Waals surface area contributed by atoms with Gasteiger partial charge in [0, 0.05) is 17.9 Å². The summed E-state index contributed by atoms with van der Waals surface area (Å²) in [5, 5.41) is 7.22. The third-order valence-corrected chi connectivity index (χ3v) is 7.33. The monoisotopic (exact) mass is 397 g/mol. The Morgan fingerprint density at radius 2 is 1.90 bits per heavy atom. The third kappa shape index (κ3) is 3.28. The van der Waals surface area contributed by atoms with Gasteiger partial charge in [-0.2, -0.15) is 4.98 Å². The molecule has 4 fully saturated rings. The van der Waals surface area contributed by atoms with E-state index in [9.17, 15) is 9.59 Å². The third-order valence-electron chi connectivity index (χ3n) is 7.33. The molecule has 154 valence electrons. The molecule has 2 aromatic heterocycles. The summed E-state index contributed by atoms with van der Waals surface area (Å²) in [7, 11) is 0. The second-order valence-corrected chi connectivity index (χ2v) is 9.38. The molecule has 4 aliphatic carbocycles. The number of rotatable bonds is 5. The summed E-state index contributed by atoms with van der Waals surface area (Å²) in [6.45, 7) is 3.64. The number of carbonyl (C=O) groups excluding carboxylic acids is 2. The van der Waals surface area contributed by atoms with E-state index in [1.807, 2.05) is 6.92 Å². The summed E-state index contributed by atoms with van der Waals surface area (Å²) >= 11 is 0. The summed E-state index contributed by atoms with van der Waals surface area (Å²) in [5.41, 5.74) is 1.03. The summed E-state index contributed by atoms with van der Waals surface area (Å²) in [6, 6.07) is 1.87. The highest BCUT2D eigenvalue weighted by Crippen LogP contribution is 2.61. The van der Waals surface area contributed by atoms with E-state index in [4.69, 9.17) is 4.74 Å². The van der Waals surface area contributed by atoms with Gasteiger partial charge in [-0.15, -0.1) is 5.10 Å². The smallest absolute Gasteiger partial charge is 0.378 e. The van der Waals surface area contributed by atoms with E-state index in [1.54, 1.807) is 12.3 Å². The minimum Gasteiger partial charge on any atom is -0.450 e. The molecule has 0 aliphatic heterocycles. The maximum absolute atomic E-state index is 12.5. The van der Waals surface area contributed by atoms with E-state index in [0.717, 1.165) is 23.4 Å². The van der Waals surface area contributed by atoms with Crippen LogP contribution in [0.3, 0.4) is 0 Å². The standard InChI is InChI=1S/C21H27N5O3/c1-12-3-4-22-20-24-18(25-26(12)20)19(28)29-11-17(27)23-13(2)21-8-14-5-15(9-21)7-16(6-14)10-21/h3-4,13-16H,5-11H2,1-2H3,(H,23,27)/t13-,14?,15?,16?,21?/m0/s1. The minimum atomic E-state index is -0.715. The molecule has 1 amide bonds. The van der Waals surface area contributed by atoms with Crippen molar-refractivity contribution in [3.05, 3.63) is 23.8 Å². The molecule has 6 rings (SSSR count). The lowest BCUT2D eigenvalue weighted by molar-refractivity contribution is -0.128. The molecule has 8 nitrogen and oxygen atoms in total. The topological polar surface area (TPSA) is 98.5 Å². The highest BCUT2D eigenvalue weighted by atomic mass is 16.5. The average molecular weight is 397 g/mol. The average Bonchev–Trinajstić information content (AvgIpc) is 3.11. The van der Waals surface area contributed by atoms with Crippen LogP contribution in [0.5, 0.6) is 0 Å². The van der Waals surface area contributed by atoms with Gasteiger partial charge in [-0.25, -0.2) is 14.3 Å². The molecular weight excluding hydrogens is 370 g/mol. The number of aromatic nitrogens is 4. The fraction of sp³-hybridized carbons (Fsp3) is 0.667. The molecule has 0 spiro atoms. The van der Waals surface area contributed by atoms with E-state index in [1.165, 1.54) is 43.0 Å². The van der Waals surface area contributed by atoms with Crippen LogP contribution in [-0.2, 0) is 9.53 Å². The molecule has 2 aromatic rings. The predicted molar refractivity (Wildman–Crippen MR) is 104 cm³/mol. The number of nitrogens with one attached hydrogen (secondary N) is 1. The van der Waals surface area contributed by atoms with E-state index < -0.39 is 5.97 Å². The van der Waals surface area contributed by atoms with Crippen LogP contribution in [0.1, 0.15) is 61.8 Å². The first-order valence-electron chi connectivity index (χ1n) is 10.6. The van der Waals surface area contributed by atoms with Crippen LogP contribution in [-0.4, -0.2) is 44.1 Å². The molecule has 29 heavy (non-hydrogen) atoms. The Bertz CT molecular complexity index is 933. The summed E-state index contributed by atoms with van der Waals surface area (Å²) in [6.07, 6.45) is 9.38. The first kappa shape index (κ1) is 18.5. The fourth-order valence-corrected chi connectivity index (χ4v) is 6.33. The van der Waals surface area contributed by atoms with Crippen molar-refractivity contribution in [1.29, 1.82) is 0 Å². The second-order valence-electron chi connectivity index (χ2n) is 9.38. The van der Waals surface area contributed by atoms with Crippen molar-refractivity contribution in [3.8, 4) is 0 Å². The molecule has 4 aliphatic rings. The predicted octanol–water partition coefficient (Wildman–Crippen LogP) is 2.31. The number of nitrogens with zero attached hydrogens (tertiary/aromatic N) is 4. The molecule has 0 saturated heterocycles. The normalized spacial score (nSPS) is 31.0. The number of hydrogen-bond donors (Lipinski definition) is 1. The number of esters is 1. The molecule has 0 radical (unpaired) electrons. The number of carbonyl (C=O) groups is 2. The maximum atomic E-state index is 12.5. The van der Waals surface area contributed by atoms with Crippen LogP contribution in [0.15, 0.2) is 12.3 Å². The minimum absolute atomic E-state index is 0.0891. The van der Waals surface area contributed by atoms with Gasteiger partial charge in [-0.1, -0.05) is 0 Å². The van der Waals surface area contributed by atoms with E-state index in [-0.39, 0.29) is 29.8 Å². The lowest BCUT2D eigenvalue weighted by atomic mass is 9.48. The molecule has 4 saturated carbocycles. The van der Waals surface area contributed by atoms with Crippen molar-refractivity contribution < 1.29 is 14.3 Å². The van der Waals surface area contributed by atoms with Gasteiger partial charge in [0.15, 0.2) is 6.61 Å². The molecule has 0 aromatic carbocycles. The Morgan fingerprint density at radius 1 is 1.24 bits per heavy atom. The first-order chi connectivity index (χ1) is 13.9. The lowest BCUT2D eigenvalue weighted by Crippen LogP contribution is -2.56. The molecule has 1 N–H and O–H groups in total. The van der Waals surface area contributed by atoms with Crippen molar-refractivity contribution in [1.82, 2.24) is 24.9 Å². The molecule has 0 unspecified atom stereocenters. The zero-order chi connectivity index (χ0) is 20.2. The zero-order valence-electron chi connectivity index (χ0n) is 16.9. The molecule has 4 bridgehead atoms. The van der Waals surface area contributed by atoms with Gasteiger partial charge in [-0.05, 0) is 81.6 Å². The molecular formula is C21H27N5O3. The van der Waals surface area contributed by atoms with Gasteiger partial charge < -0.3 is 10.1 Å². The van der Waals surface area contributed by atoms with Crippen LogP contribution in [0.4, 0.5) is 0 Å². The van der Waals surface area contributed by atoms with Gasteiger partial charge >= 0.3 is 5.97 Å². The molecule has 8 heteroatoms. The maximum Gasteiger partial charge on any atom is 0.378 e. The van der Waals surface area contributed by atoms with Crippen LogP contribution in [0.25, 0.3) is 5.78 Å². The quantitative estimate of drug-likeness (QED) is 0.778. The van der Waals surface area contributed by atoms with Gasteiger partial charge in [0.25, 0.3) is 17.5 Å². The van der Waals surface area contributed by atoms with Crippen LogP contribution in [0.2, 0.25) is 0 Å². The number of fused-ring (bicyclic) bond motifs is 1. The largest absolute Gasteiger partial charge is 0.450 e. The Balaban J connectivity index is 1.19. The van der Waals surface area contributed by atoms with Crippen molar-refractivity contribution in [2.45, 2.75) is 58.4 Å². The van der Waals surface area contributed by atoms with Crippen molar-refractivity contribution in [2.75, 3.05) is 6.61 Å². The molecule has 1 atom stereocenters. The SMILES string of the molecule is Cc1ccnc2nc(C(=O)OCC(=O)N[C@@H](C)C34CC5CC(CC(C5)C3)C4)nn12. The second kappa shape index (κ2) is 6.78. The Morgan fingerprint density at radius 3 is 2.52 bits per heavy atom. The van der Waals surface area contributed by atoms with Crippen molar-refractivity contribution in [2.24, 2.45) is 23.2 Å². The van der Waals surface area contributed by atoms with Gasteiger partial charge in [0.1, 0.15) is 0 Å². The lowest BCUT2D eigenvalue weighted by Gasteiger charge is -2.59. The Hall–Kier alpha value is -2.51. The van der Waals surface area contributed by atoms with Gasteiger partial charge in [-0.3, -0.25) is 4.79 Å².